The zero-order valence-corrected chi connectivity index (χ0v) is 12.5. The van der Waals surface area contributed by atoms with Crippen molar-refractivity contribution in [2.24, 2.45) is 23.7 Å². The molecule has 5 fully saturated rings. The van der Waals surface area contributed by atoms with E-state index in [0.29, 0.717) is 24.4 Å². The molecule has 2 saturated heterocycles. The summed E-state index contributed by atoms with van der Waals surface area (Å²) in [4.78, 5) is 0. The lowest BCUT2D eigenvalue weighted by atomic mass is 9.81. The Morgan fingerprint density at radius 2 is 1.27 bits per heavy atom. The van der Waals surface area contributed by atoms with Gasteiger partial charge in [-0.2, -0.15) is 0 Å². The molecule has 0 aromatic heterocycles. The Morgan fingerprint density at radius 3 is 1.95 bits per heavy atom. The maximum absolute atomic E-state index is 5.69. The first-order valence-corrected chi connectivity index (χ1v) is 8.65. The van der Waals surface area contributed by atoms with Gasteiger partial charge in [0.25, 0.3) is 0 Å². The van der Waals surface area contributed by atoms with Crippen LogP contribution in [0, 0.1) is 23.7 Å². The van der Waals surface area contributed by atoms with E-state index in [0.717, 1.165) is 23.7 Å². The number of hydrogen-bond donors (Lipinski definition) is 0. The summed E-state index contributed by atoms with van der Waals surface area (Å²) in [5, 5.41) is 2.62. The van der Waals surface area contributed by atoms with Gasteiger partial charge >= 0.3 is 0 Å². The van der Waals surface area contributed by atoms with E-state index in [1.807, 2.05) is 0 Å². The van der Waals surface area contributed by atoms with E-state index in [1.54, 1.807) is 0 Å². The molecule has 8 unspecified atom stereocenters. The topological polar surface area (TPSA) is 25.1 Å². The normalized spacial score (nSPS) is 48.2. The quantitative estimate of drug-likeness (QED) is 0.693. The Hall–Kier alpha value is -1.38. The van der Waals surface area contributed by atoms with Crippen molar-refractivity contribution in [2.75, 3.05) is 0 Å². The average molecular weight is 292 g/mol. The van der Waals surface area contributed by atoms with Gasteiger partial charge in [-0.1, -0.05) is 48.5 Å². The van der Waals surface area contributed by atoms with E-state index in [9.17, 15) is 0 Å². The summed E-state index contributed by atoms with van der Waals surface area (Å²) in [6.07, 6.45) is 5.58. The Kier molecular flexibility index (Phi) is 2.27. The summed E-state index contributed by atoms with van der Waals surface area (Å²) in [6, 6.07) is 16.7. The highest BCUT2D eigenvalue weighted by Crippen LogP contribution is 2.69. The molecule has 0 amide bonds. The van der Waals surface area contributed by atoms with E-state index >= 15 is 0 Å². The molecule has 2 nitrogen and oxygen atoms in total. The molecular weight excluding hydrogens is 272 g/mol. The summed E-state index contributed by atoms with van der Waals surface area (Å²) in [5.41, 5.74) is 0. The van der Waals surface area contributed by atoms with Crippen LogP contribution in [0.15, 0.2) is 48.5 Å². The molecule has 7 rings (SSSR count). The van der Waals surface area contributed by atoms with Gasteiger partial charge < -0.3 is 9.47 Å². The number of fused-ring (bicyclic) bond motifs is 11. The van der Waals surface area contributed by atoms with Crippen molar-refractivity contribution in [3.63, 3.8) is 0 Å². The number of ether oxygens (including phenoxy) is 2. The minimum atomic E-state index is 0.676. The van der Waals surface area contributed by atoms with Gasteiger partial charge in [0.1, 0.15) is 0 Å². The molecule has 0 spiro atoms. The molecule has 8 atom stereocenters. The Bertz CT molecular complexity index is 672. The summed E-state index contributed by atoms with van der Waals surface area (Å²) in [7, 11) is 0. The molecule has 2 aliphatic heterocycles. The van der Waals surface area contributed by atoms with E-state index in [2.05, 4.69) is 48.5 Å². The van der Waals surface area contributed by atoms with Crippen LogP contribution in [0.5, 0.6) is 0 Å². The largest absolute Gasteiger partial charge is 0.369 e. The predicted molar refractivity (Wildman–Crippen MR) is 84.5 cm³/mol. The highest BCUT2D eigenvalue weighted by atomic mass is 16.6. The minimum absolute atomic E-state index is 0.676. The molecule has 0 radical (unpaired) electrons. The maximum atomic E-state index is 5.69. The summed E-state index contributed by atoms with van der Waals surface area (Å²) in [5.74, 6) is 3.77. The smallest absolute Gasteiger partial charge is 0.0876 e. The first kappa shape index (κ1) is 12.1. The Labute approximate surface area is 130 Å². The first-order chi connectivity index (χ1) is 10.9. The van der Waals surface area contributed by atoms with Gasteiger partial charge in [-0.05, 0) is 47.3 Å². The van der Waals surface area contributed by atoms with Crippen LogP contribution in [-0.2, 0) is 9.47 Å². The predicted octanol–water partition coefficient (Wildman–Crippen LogP) is 3.65. The second-order valence-electron chi connectivity index (χ2n) is 7.59. The molecule has 2 aromatic rings. The molecule has 2 bridgehead atoms. The van der Waals surface area contributed by atoms with Crippen LogP contribution >= 0.6 is 0 Å². The zero-order chi connectivity index (χ0) is 14.3. The van der Waals surface area contributed by atoms with Crippen molar-refractivity contribution in [1.82, 2.24) is 0 Å². The second-order valence-corrected chi connectivity index (χ2v) is 7.59. The van der Waals surface area contributed by atoms with Crippen LogP contribution in [0.2, 0.25) is 0 Å². The third-order valence-corrected chi connectivity index (χ3v) is 6.65. The van der Waals surface area contributed by atoms with Crippen LogP contribution in [0.4, 0.5) is 0 Å². The Balaban J connectivity index is 0.0000000971. The van der Waals surface area contributed by atoms with Crippen molar-refractivity contribution in [3.05, 3.63) is 48.5 Å². The molecule has 2 heteroatoms. The maximum Gasteiger partial charge on any atom is 0.0876 e. The fraction of sp³-hybridized carbons (Fsp3) is 0.500. The third-order valence-electron chi connectivity index (χ3n) is 6.65. The van der Waals surface area contributed by atoms with Gasteiger partial charge in [0.05, 0.1) is 24.4 Å². The van der Waals surface area contributed by atoms with Gasteiger partial charge in [0.15, 0.2) is 0 Å². The van der Waals surface area contributed by atoms with E-state index in [-0.39, 0.29) is 0 Å². The zero-order valence-electron chi connectivity index (χ0n) is 12.5. The monoisotopic (exact) mass is 292 g/mol. The highest BCUT2D eigenvalue weighted by Gasteiger charge is 2.74. The van der Waals surface area contributed by atoms with Crippen molar-refractivity contribution in [2.45, 2.75) is 37.3 Å². The standard InChI is InChI=1S/C10H12O2.C10H8/c1-4-3-2-6-10(11-6)7(3)5(1)9-8(4)12-9;1-2-6-10-8-4-3-7-9(10)5-1/h3-10H,1-2H2;1-8H. The number of benzene rings is 2. The summed E-state index contributed by atoms with van der Waals surface area (Å²) >= 11 is 0. The van der Waals surface area contributed by atoms with Crippen molar-refractivity contribution >= 4 is 10.8 Å². The molecule has 2 aromatic carbocycles. The van der Waals surface area contributed by atoms with Crippen LogP contribution in [0.1, 0.15) is 12.8 Å². The number of hydrogen-bond acceptors (Lipinski definition) is 2. The highest BCUT2D eigenvalue weighted by molar-refractivity contribution is 5.81. The second kappa shape index (κ2) is 4.12. The third kappa shape index (κ3) is 1.57. The van der Waals surface area contributed by atoms with Crippen LogP contribution in [-0.4, -0.2) is 24.4 Å². The van der Waals surface area contributed by atoms with Crippen molar-refractivity contribution in [3.8, 4) is 0 Å². The van der Waals surface area contributed by atoms with Crippen LogP contribution in [0.3, 0.4) is 0 Å². The number of epoxide rings is 2. The minimum Gasteiger partial charge on any atom is -0.369 e. The van der Waals surface area contributed by atoms with Gasteiger partial charge in [-0.15, -0.1) is 0 Å². The molecule has 5 aliphatic rings. The molecule has 3 aliphatic carbocycles. The average Bonchev–Trinajstić information content (AvgIpc) is 3.43. The molecule has 3 saturated carbocycles. The first-order valence-electron chi connectivity index (χ1n) is 8.65. The van der Waals surface area contributed by atoms with Gasteiger partial charge in [-0.25, -0.2) is 0 Å². The SMILES string of the molecule is C1C2OC2C2C1C1CC2C2OC12.c1ccc2ccccc2c1. The molecule has 112 valence electrons. The lowest BCUT2D eigenvalue weighted by Gasteiger charge is -2.22. The summed E-state index contributed by atoms with van der Waals surface area (Å²) in [6.45, 7) is 0. The van der Waals surface area contributed by atoms with Gasteiger partial charge in [-0.3, -0.25) is 0 Å². The van der Waals surface area contributed by atoms with Gasteiger partial charge in [0, 0.05) is 0 Å². The molecular formula is C20H20O2. The van der Waals surface area contributed by atoms with E-state index in [4.69, 9.17) is 9.47 Å². The van der Waals surface area contributed by atoms with Crippen molar-refractivity contribution < 1.29 is 9.47 Å². The fourth-order valence-electron chi connectivity index (χ4n) is 5.71. The van der Waals surface area contributed by atoms with Gasteiger partial charge in [0.2, 0.25) is 0 Å². The molecule has 0 N–H and O–H groups in total. The van der Waals surface area contributed by atoms with Crippen LogP contribution < -0.4 is 0 Å². The summed E-state index contributed by atoms with van der Waals surface area (Å²) < 4.78 is 11.3. The molecule has 22 heavy (non-hydrogen) atoms. The van der Waals surface area contributed by atoms with E-state index in [1.165, 1.54) is 23.6 Å². The Morgan fingerprint density at radius 1 is 0.636 bits per heavy atom. The lowest BCUT2D eigenvalue weighted by molar-refractivity contribution is 0.162. The van der Waals surface area contributed by atoms with Crippen LogP contribution in [0.25, 0.3) is 10.8 Å². The fourth-order valence-corrected chi connectivity index (χ4v) is 5.71. The number of rotatable bonds is 0. The van der Waals surface area contributed by atoms with Crippen molar-refractivity contribution in [1.29, 1.82) is 0 Å². The lowest BCUT2D eigenvalue weighted by Crippen LogP contribution is -2.27. The van der Waals surface area contributed by atoms with E-state index < -0.39 is 0 Å². The molecule has 2 heterocycles.